The van der Waals surface area contributed by atoms with Crippen LogP contribution in [-0.2, 0) is 19.8 Å². The van der Waals surface area contributed by atoms with Crippen molar-refractivity contribution in [3.05, 3.63) is 50.6 Å². The Hall–Kier alpha value is -1.58. The second kappa shape index (κ2) is 9.49. The van der Waals surface area contributed by atoms with E-state index in [1.54, 1.807) is 23.7 Å². The van der Waals surface area contributed by atoms with Crippen molar-refractivity contribution >= 4 is 35.2 Å². The molecule has 0 spiro atoms. The Morgan fingerprint density at radius 2 is 1.79 bits per heavy atom. The van der Waals surface area contributed by atoms with Crippen molar-refractivity contribution in [3.8, 4) is 11.4 Å². The number of halogens is 1. The molecule has 6 nitrogen and oxygen atoms in total. The average molecular weight is 449 g/mol. The molecule has 1 saturated heterocycles. The minimum Gasteiger partial charge on any atom is -0.300 e. The van der Waals surface area contributed by atoms with Crippen molar-refractivity contribution in [3.63, 3.8) is 0 Å². The maximum Gasteiger partial charge on any atom is 0.199 e. The number of hydrogen-bond donors (Lipinski definition) is 0. The molecule has 29 heavy (non-hydrogen) atoms. The van der Waals surface area contributed by atoms with Gasteiger partial charge in [0.15, 0.2) is 10.6 Å². The Labute approximate surface area is 185 Å². The van der Waals surface area contributed by atoms with E-state index in [0.717, 1.165) is 72.9 Å². The first kappa shape index (κ1) is 20.7. The van der Waals surface area contributed by atoms with E-state index < -0.39 is 0 Å². The van der Waals surface area contributed by atoms with Gasteiger partial charge in [0.2, 0.25) is 0 Å². The van der Waals surface area contributed by atoms with Gasteiger partial charge in [0.1, 0.15) is 0 Å². The third-order valence-electron chi connectivity index (χ3n) is 5.12. The van der Waals surface area contributed by atoms with Crippen LogP contribution in [0.1, 0.15) is 18.2 Å². The van der Waals surface area contributed by atoms with Crippen LogP contribution in [0.4, 0.5) is 0 Å². The number of hydrogen-bond acceptors (Lipinski definition) is 6. The summed E-state index contributed by atoms with van der Waals surface area (Å²) in [5.41, 5.74) is 1.05. The molecule has 0 bridgehead atoms. The Morgan fingerprint density at radius 3 is 2.45 bits per heavy atom. The van der Waals surface area contributed by atoms with E-state index >= 15 is 0 Å². The molecule has 1 fully saturated rings. The number of nitrogens with zero attached hydrogens (tertiary/aromatic N) is 6. The van der Waals surface area contributed by atoms with Crippen molar-refractivity contribution in [2.24, 2.45) is 0 Å². The largest absolute Gasteiger partial charge is 0.300 e. The van der Waals surface area contributed by atoms with E-state index in [-0.39, 0.29) is 0 Å². The highest BCUT2D eigenvalue weighted by molar-refractivity contribution is 7.71. The number of aromatic nitrogens is 4. The van der Waals surface area contributed by atoms with Crippen LogP contribution >= 0.6 is 35.2 Å². The first-order valence-corrected chi connectivity index (χ1v) is 11.5. The molecule has 3 aromatic rings. The Morgan fingerprint density at radius 1 is 1.07 bits per heavy atom. The summed E-state index contributed by atoms with van der Waals surface area (Å²) in [4.78, 5) is 10.3. The van der Waals surface area contributed by atoms with Crippen LogP contribution in [0.15, 0.2) is 36.7 Å². The fourth-order valence-corrected chi connectivity index (χ4v) is 5.01. The van der Waals surface area contributed by atoms with Crippen molar-refractivity contribution < 1.29 is 0 Å². The van der Waals surface area contributed by atoms with Crippen molar-refractivity contribution in [2.45, 2.75) is 33.1 Å². The standard InChI is InChI=1S/C20H25ClN6S2/c1-2-9-26-19(16-5-7-22-8-6-16)23-27(20(26)28)15-25-12-10-24(11-13-25)14-17-3-4-18(21)29-17/h3-8H,2,9-15H2,1H3. The first-order valence-electron chi connectivity index (χ1n) is 9.91. The quantitative estimate of drug-likeness (QED) is 0.502. The molecule has 0 saturated carbocycles. The highest BCUT2D eigenvalue weighted by atomic mass is 35.5. The van der Waals surface area contributed by atoms with Gasteiger partial charge in [-0.15, -0.1) is 11.3 Å². The summed E-state index contributed by atoms with van der Waals surface area (Å²) < 4.78 is 5.76. The van der Waals surface area contributed by atoms with Gasteiger partial charge in [0, 0.05) is 62.1 Å². The number of pyridine rings is 1. The lowest BCUT2D eigenvalue weighted by atomic mass is 10.2. The normalized spacial score (nSPS) is 15.8. The monoisotopic (exact) mass is 448 g/mol. The van der Waals surface area contributed by atoms with Crippen LogP contribution < -0.4 is 0 Å². The zero-order chi connectivity index (χ0) is 20.2. The lowest BCUT2D eigenvalue weighted by Gasteiger charge is -2.34. The Balaban J connectivity index is 1.43. The van der Waals surface area contributed by atoms with Gasteiger partial charge in [0.25, 0.3) is 0 Å². The van der Waals surface area contributed by atoms with Crippen molar-refractivity contribution in [1.29, 1.82) is 0 Å². The highest BCUT2D eigenvalue weighted by Gasteiger charge is 2.20. The second-order valence-corrected chi connectivity index (χ2v) is 9.40. The van der Waals surface area contributed by atoms with Gasteiger partial charge >= 0.3 is 0 Å². The Kier molecular flexibility index (Phi) is 6.77. The van der Waals surface area contributed by atoms with E-state index in [4.69, 9.17) is 28.9 Å². The molecule has 0 unspecified atom stereocenters. The van der Waals surface area contributed by atoms with Gasteiger partial charge in [-0.3, -0.25) is 19.4 Å². The SMILES string of the molecule is CCCn1c(-c2ccncc2)nn(CN2CCN(Cc3ccc(Cl)s3)CC2)c1=S. The van der Waals surface area contributed by atoms with Gasteiger partial charge in [-0.05, 0) is 42.9 Å². The molecule has 0 N–H and O–H groups in total. The molecule has 154 valence electrons. The predicted molar refractivity (Wildman–Crippen MR) is 121 cm³/mol. The molecule has 3 aromatic heterocycles. The molecule has 0 atom stereocenters. The molecule has 0 amide bonds. The maximum atomic E-state index is 6.05. The third-order valence-corrected chi connectivity index (χ3v) is 6.76. The van der Waals surface area contributed by atoms with Gasteiger partial charge < -0.3 is 0 Å². The molecule has 4 heterocycles. The molecule has 4 rings (SSSR count). The Bertz CT molecular complexity index is 988. The number of thiophene rings is 1. The van der Waals surface area contributed by atoms with E-state index in [0.29, 0.717) is 0 Å². The van der Waals surface area contributed by atoms with Crippen molar-refractivity contribution in [2.75, 3.05) is 26.2 Å². The molecule has 1 aliphatic rings. The van der Waals surface area contributed by atoms with Gasteiger partial charge in [-0.25, -0.2) is 4.68 Å². The van der Waals surface area contributed by atoms with Gasteiger partial charge in [-0.2, -0.15) is 5.10 Å². The predicted octanol–water partition coefficient (Wildman–Crippen LogP) is 4.38. The zero-order valence-corrected chi connectivity index (χ0v) is 18.9. The molecule has 9 heteroatoms. The average Bonchev–Trinajstić information content (AvgIpc) is 3.28. The first-order chi connectivity index (χ1) is 14.1. The highest BCUT2D eigenvalue weighted by Crippen LogP contribution is 2.23. The molecular weight excluding hydrogens is 424 g/mol. The molecule has 1 aliphatic heterocycles. The second-order valence-electron chi connectivity index (χ2n) is 7.23. The molecule has 0 aromatic carbocycles. The van der Waals surface area contributed by atoms with Crippen molar-refractivity contribution in [1.82, 2.24) is 29.1 Å². The van der Waals surface area contributed by atoms with Crippen LogP contribution in [0.2, 0.25) is 4.34 Å². The summed E-state index contributed by atoms with van der Waals surface area (Å²) in [5, 5.41) is 4.86. The molecular formula is C20H25ClN6S2. The van der Waals surface area contributed by atoms with Gasteiger partial charge in [-0.1, -0.05) is 18.5 Å². The number of piperazine rings is 1. The summed E-state index contributed by atoms with van der Waals surface area (Å²) in [5.74, 6) is 0.924. The smallest absolute Gasteiger partial charge is 0.199 e. The zero-order valence-electron chi connectivity index (χ0n) is 16.5. The topological polar surface area (TPSA) is 42.1 Å². The molecule has 0 radical (unpaired) electrons. The fourth-order valence-electron chi connectivity index (χ4n) is 3.61. The van der Waals surface area contributed by atoms with E-state index in [1.165, 1.54) is 4.88 Å². The minimum absolute atomic E-state index is 0.728. The third kappa shape index (κ3) is 4.95. The number of rotatable bonds is 7. The van der Waals surface area contributed by atoms with Crippen LogP contribution in [0.5, 0.6) is 0 Å². The van der Waals surface area contributed by atoms with E-state index in [1.807, 2.05) is 22.9 Å². The lowest BCUT2D eigenvalue weighted by molar-refractivity contribution is 0.0987. The lowest BCUT2D eigenvalue weighted by Crippen LogP contribution is -2.46. The summed E-state index contributed by atoms with van der Waals surface area (Å²) >= 11 is 13.5. The van der Waals surface area contributed by atoms with Crippen LogP contribution in [0, 0.1) is 4.77 Å². The summed E-state index contributed by atoms with van der Waals surface area (Å²) in [6.07, 6.45) is 4.62. The van der Waals surface area contributed by atoms with Gasteiger partial charge in [0.05, 0.1) is 11.0 Å². The summed E-state index contributed by atoms with van der Waals surface area (Å²) in [6, 6.07) is 8.08. The summed E-state index contributed by atoms with van der Waals surface area (Å²) in [7, 11) is 0. The minimum atomic E-state index is 0.728. The van der Waals surface area contributed by atoms with E-state index in [2.05, 4.69) is 32.3 Å². The van der Waals surface area contributed by atoms with Crippen LogP contribution in [0.25, 0.3) is 11.4 Å². The fraction of sp³-hybridized carbons (Fsp3) is 0.450. The van der Waals surface area contributed by atoms with Crippen LogP contribution in [-0.4, -0.2) is 55.3 Å². The van der Waals surface area contributed by atoms with Crippen LogP contribution in [0.3, 0.4) is 0 Å². The molecule has 0 aliphatic carbocycles. The van der Waals surface area contributed by atoms with E-state index in [9.17, 15) is 0 Å². The summed E-state index contributed by atoms with van der Waals surface area (Å²) in [6.45, 7) is 8.82. The maximum absolute atomic E-state index is 6.05.